The highest BCUT2D eigenvalue weighted by molar-refractivity contribution is 5.70. The quantitative estimate of drug-likeness (QED) is 0.820. The van der Waals surface area contributed by atoms with Gasteiger partial charge >= 0.3 is 6.09 Å². The summed E-state index contributed by atoms with van der Waals surface area (Å²) in [5.41, 5.74) is 4.43. The maximum atomic E-state index is 12.3. The summed E-state index contributed by atoms with van der Waals surface area (Å²) in [7, 11) is 1.63. The highest BCUT2D eigenvalue weighted by Crippen LogP contribution is 2.45. The van der Waals surface area contributed by atoms with Gasteiger partial charge in [-0.25, -0.2) is 4.79 Å². The first-order valence-electron chi connectivity index (χ1n) is 6.60. The van der Waals surface area contributed by atoms with E-state index in [1.807, 2.05) is 20.8 Å². The van der Waals surface area contributed by atoms with E-state index in [-0.39, 0.29) is 6.09 Å². The molecule has 0 aromatic rings. The standard InChI is InChI=1S/C13H24N2O4/c1-11(2,3)19-10(16)15-7-13(6-14)5-12(15,8-17-4)9-18-13/h5-9,14H2,1-4H3. The third kappa shape index (κ3) is 2.57. The summed E-state index contributed by atoms with van der Waals surface area (Å²) in [5.74, 6) is 0. The number of rotatable bonds is 3. The molecular weight excluding hydrogens is 248 g/mol. The molecule has 110 valence electrons. The second-order valence-electron chi connectivity index (χ2n) is 6.58. The number of nitrogens with zero attached hydrogens (tertiary/aromatic N) is 1. The number of fused-ring (bicyclic) bond motifs is 2. The van der Waals surface area contributed by atoms with Crippen LogP contribution in [0.5, 0.6) is 0 Å². The fraction of sp³-hybridized carbons (Fsp3) is 0.923. The molecule has 0 spiro atoms. The van der Waals surface area contributed by atoms with E-state index in [0.29, 0.717) is 32.7 Å². The molecule has 19 heavy (non-hydrogen) atoms. The number of nitrogens with two attached hydrogens (primary N) is 1. The number of carbonyl (C=O) groups excluding carboxylic acids is 1. The van der Waals surface area contributed by atoms with Gasteiger partial charge < -0.3 is 19.9 Å². The lowest BCUT2D eigenvalue weighted by molar-refractivity contribution is -0.0808. The molecule has 2 atom stereocenters. The van der Waals surface area contributed by atoms with Gasteiger partial charge in [0.15, 0.2) is 0 Å². The first-order valence-corrected chi connectivity index (χ1v) is 6.60. The first kappa shape index (κ1) is 14.6. The van der Waals surface area contributed by atoms with Gasteiger partial charge in [0.2, 0.25) is 0 Å². The van der Waals surface area contributed by atoms with Crippen molar-refractivity contribution >= 4 is 6.09 Å². The molecule has 0 aromatic carbocycles. The SMILES string of the molecule is COCC12COC(CN)(CN1C(=O)OC(C)(C)C)C2. The third-order valence-electron chi connectivity index (χ3n) is 3.72. The van der Waals surface area contributed by atoms with E-state index in [0.717, 1.165) is 0 Å². The van der Waals surface area contributed by atoms with E-state index >= 15 is 0 Å². The molecule has 2 aliphatic rings. The molecule has 2 aliphatic heterocycles. The van der Waals surface area contributed by atoms with Gasteiger partial charge in [0, 0.05) is 20.1 Å². The molecule has 2 bridgehead atoms. The van der Waals surface area contributed by atoms with Crippen molar-refractivity contribution in [2.75, 3.05) is 33.4 Å². The Kier molecular flexibility index (Phi) is 3.53. The number of morpholine rings is 1. The molecule has 0 radical (unpaired) electrons. The smallest absolute Gasteiger partial charge is 0.411 e. The van der Waals surface area contributed by atoms with Gasteiger partial charge in [0.1, 0.15) is 11.2 Å². The zero-order valence-corrected chi connectivity index (χ0v) is 12.2. The summed E-state index contributed by atoms with van der Waals surface area (Å²) in [5, 5.41) is 0. The highest BCUT2D eigenvalue weighted by atomic mass is 16.6. The van der Waals surface area contributed by atoms with Gasteiger partial charge in [-0.15, -0.1) is 0 Å². The fourth-order valence-corrected chi connectivity index (χ4v) is 2.93. The van der Waals surface area contributed by atoms with Crippen LogP contribution < -0.4 is 5.73 Å². The number of likely N-dealkylation sites (tertiary alicyclic amines) is 1. The number of methoxy groups -OCH3 is 1. The first-order chi connectivity index (χ1) is 8.76. The van der Waals surface area contributed by atoms with E-state index in [1.54, 1.807) is 12.0 Å². The highest BCUT2D eigenvalue weighted by Gasteiger charge is 2.62. The predicted molar refractivity (Wildman–Crippen MR) is 69.9 cm³/mol. The average Bonchev–Trinajstić information content (AvgIpc) is 2.81. The van der Waals surface area contributed by atoms with Crippen molar-refractivity contribution in [1.82, 2.24) is 4.90 Å². The molecule has 2 rings (SSSR count). The zero-order valence-electron chi connectivity index (χ0n) is 12.2. The molecule has 6 heteroatoms. The normalized spacial score (nSPS) is 33.8. The summed E-state index contributed by atoms with van der Waals surface area (Å²) in [6.45, 7) is 7.34. The topological polar surface area (TPSA) is 74.0 Å². The maximum absolute atomic E-state index is 12.3. The Morgan fingerprint density at radius 1 is 1.47 bits per heavy atom. The second-order valence-corrected chi connectivity index (χ2v) is 6.58. The third-order valence-corrected chi connectivity index (χ3v) is 3.72. The van der Waals surface area contributed by atoms with Crippen molar-refractivity contribution in [3.63, 3.8) is 0 Å². The van der Waals surface area contributed by atoms with Gasteiger partial charge in [-0.05, 0) is 20.8 Å². The number of carbonyl (C=O) groups is 1. The number of amides is 1. The van der Waals surface area contributed by atoms with Crippen molar-refractivity contribution < 1.29 is 19.0 Å². The summed E-state index contributed by atoms with van der Waals surface area (Å²) in [6, 6.07) is 0. The Labute approximate surface area is 114 Å². The van der Waals surface area contributed by atoms with E-state index in [4.69, 9.17) is 19.9 Å². The molecule has 2 N–H and O–H groups in total. The minimum absolute atomic E-state index is 0.317. The molecule has 1 amide bonds. The molecule has 2 saturated heterocycles. The summed E-state index contributed by atoms with van der Waals surface area (Å²) < 4.78 is 16.5. The zero-order chi connectivity index (χ0) is 14.3. The van der Waals surface area contributed by atoms with Crippen LogP contribution in [0.1, 0.15) is 27.2 Å². The van der Waals surface area contributed by atoms with Crippen LogP contribution in [0.4, 0.5) is 4.79 Å². The van der Waals surface area contributed by atoms with Crippen LogP contribution in [0.15, 0.2) is 0 Å². The lowest BCUT2D eigenvalue weighted by Crippen LogP contribution is -2.57. The van der Waals surface area contributed by atoms with E-state index in [9.17, 15) is 4.79 Å². The fourth-order valence-electron chi connectivity index (χ4n) is 2.93. The minimum Gasteiger partial charge on any atom is -0.444 e. The number of hydrogen-bond acceptors (Lipinski definition) is 5. The van der Waals surface area contributed by atoms with Crippen LogP contribution in [0.3, 0.4) is 0 Å². The molecule has 0 saturated carbocycles. The monoisotopic (exact) mass is 272 g/mol. The molecule has 2 heterocycles. The Hall–Kier alpha value is -0.850. The van der Waals surface area contributed by atoms with Gasteiger partial charge in [-0.1, -0.05) is 0 Å². The lowest BCUT2D eigenvalue weighted by Gasteiger charge is -2.39. The van der Waals surface area contributed by atoms with Crippen LogP contribution in [0.2, 0.25) is 0 Å². The Morgan fingerprint density at radius 2 is 2.16 bits per heavy atom. The van der Waals surface area contributed by atoms with Crippen LogP contribution in [0, 0.1) is 0 Å². The molecule has 0 aromatic heterocycles. The predicted octanol–water partition coefficient (Wildman–Crippen LogP) is 0.740. The van der Waals surface area contributed by atoms with Crippen molar-refractivity contribution in [2.45, 2.75) is 43.9 Å². The second kappa shape index (κ2) is 4.61. The van der Waals surface area contributed by atoms with E-state index in [2.05, 4.69) is 0 Å². The van der Waals surface area contributed by atoms with Crippen molar-refractivity contribution in [3.8, 4) is 0 Å². The average molecular weight is 272 g/mol. The molecular formula is C13H24N2O4. The number of hydrogen-bond donors (Lipinski definition) is 1. The Morgan fingerprint density at radius 3 is 2.68 bits per heavy atom. The van der Waals surface area contributed by atoms with Gasteiger partial charge in [0.05, 0.1) is 25.3 Å². The number of ether oxygens (including phenoxy) is 3. The van der Waals surface area contributed by atoms with Crippen LogP contribution >= 0.6 is 0 Å². The minimum atomic E-state index is -0.510. The molecule has 6 nitrogen and oxygen atoms in total. The maximum Gasteiger partial charge on any atom is 0.411 e. The lowest BCUT2D eigenvalue weighted by atomic mass is 9.95. The van der Waals surface area contributed by atoms with Gasteiger partial charge in [-0.3, -0.25) is 4.90 Å². The Balaban J connectivity index is 2.18. The van der Waals surface area contributed by atoms with Crippen LogP contribution in [-0.2, 0) is 14.2 Å². The van der Waals surface area contributed by atoms with Crippen LogP contribution in [0.25, 0.3) is 0 Å². The van der Waals surface area contributed by atoms with Crippen LogP contribution in [-0.4, -0.2) is 61.1 Å². The van der Waals surface area contributed by atoms with Gasteiger partial charge in [0.25, 0.3) is 0 Å². The summed E-state index contributed by atoms with van der Waals surface area (Å²) >= 11 is 0. The Bertz CT molecular complexity index is 368. The van der Waals surface area contributed by atoms with E-state index in [1.165, 1.54) is 0 Å². The van der Waals surface area contributed by atoms with Crippen molar-refractivity contribution in [3.05, 3.63) is 0 Å². The molecule has 2 fully saturated rings. The van der Waals surface area contributed by atoms with Gasteiger partial charge in [-0.2, -0.15) is 0 Å². The molecule has 2 unspecified atom stereocenters. The van der Waals surface area contributed by atoms with Crippen molar-refractivity contribution in [1.29, 1.82) is 0 Å². The van der Waals surface area contributed by atoms with E-state index < -0.39 is 16.7 Å². The largest absolute Gasteiger partial charge is 0.444 e. The summed E-state index contributed by atoms with van der Waals surface area (Å²) in [6.07, 6.45) is 0.395. The summed E-state index contributed by atoms with van der Waals surface area (Å²) in [4.78, 5) is 14.1. The molecule has 0 aliphatic carbocycles. The van der Waals surface area contributed by atoms with Crippen molar-refractivity contribution in [2.24, 2.45) is 5.73 Å².